The summed E-state index contributed by atoms with van der Waals surface area (Å²) in [7, 11) is -16.4. The molecule has 7 atom stereocenters. The molecular formula is C32H54N7O17P3S. The first-order valence-corrected chi connectivity index (χ1v) is 24.2. The number of nitrogens with two attached hydrogens (primary N) is 1. The van der Waals surface area contributed by atoms with Crippen molar-refractivity contribution in [1.82, 2.24) is 30.2 Å². The van der Waals surface area contributed by atoms with Crippen molar-refractivity contribution in [2.45, 2.75) is 103 Å². The van der Waals surface area contributed by atoms with E-state index >= 15 is 0 Å². The minimum Gasteiger partial charge on any atom is -0.386 e. The summed E-state index contributed by atoms with van der Waals surface area (Å²) in [6, 6.07) is 0. The molecule has 0 spiro atoms. The molecule has 2 aromatic heterocycles. The van der Waals surface area contributed by atoms with E-state index in [2.05, 4.69) is 40.5 Å². The van der Waals surface area contributed by atoms with Gasteiger partial charge in [-0.2, -0.15) is 4.31 Å². The molecule has 24 nitrogen and oxygen atoms in total. The lowest BCUT2D eigenvalue weighted by Gasteiger charge is -2.30. The first-order chi connectivity index (χ1) is 28.1. The number of hydrogen-bond acceptors (Lipinski definition) is 18. The number of aliphatic hydroxyl groups is 2. The normalized spacial score (nSPS) is 21.1. The maximum absolute atomic E-state index is 12.7. The van der Waals surface area contributed by atoms with Crippen molar-refractivity contribution < 1.29 is 80.5 Å². The number of nitrogens with zero attached hydrogens (tertiary/aromatic N) is 4. The smallest absolute Gasteiger partial charge is 0.386 e. The van der Waals surface area contributed by atoms with Crippen molar-refractivity contribution in [2.75, 3.05) is 37.8 Å². The molecule has 1 fully saturated rings. The van der Waals surface area contributed by atoms with E-state index in [0.717, 1.165) is 67.5 Å². The number of phosphoric ester groups is 3. The third kappa shape index (κ3) is 17.2. The third-order valence-corrected chi connectivity index (χ3v) is 12.8. The Morgan fingerprint density at radius 1 is 1.00 bits per heavy atom. The van der Waals surface area contributed by atoms with Gasteiger partial charge in [-0.05, 0) is 26.2 Å². The number of nitrogen functional groups attached to an aromatic ring is 1. The number of hydrogen-bond donors (Lipinski definition) is 9. The van der Waals surface area contributed by atoms with Gasteiger partial charge in [0, 0.05) is 37.1 Å². The van der Waals surface area contributed by atoms with Gasteiger partial charge in [0.2, 0.25) is 11.8 Å². The number of aromatic nitrogens is 4. The molecule has 0 aliphatic carbocycles. The molecule has 1 aliphatic heterocycles. The van der Waals surface area contributed by atoms with E-state index in [4.69, 9.17) is 19.5 Å². The molecule has 28 heteroatoms. The topological polar surface area (TPSA) is 364 Å². The van der Waals surface area contributed by atoms with Crippen LogP contribution in [0.25, 0.3) is 11.2 Å². The number of amides is 2. The van der Waals surface area contributed by atoms with Crippen molar-refractivity contribution >= 4 is 69.1 Å². The zero-order chi connectivity index (χ0) is 44.7. The lowest BCUT2D eigenvalue weighted by molar-refractivity contribution is -0.137. The fraction of sp³-hybridized carbons (Fsp3) is 0.688. The number of carbonyl (C=O) groups is 3. The van der Waals surface area contributed by atoms with E-state index in [-0.39, 0.29) is 41.6 Å². The molecular weight excluding hydrogens is 879 g/mol. The summed E-state index contributed by atoms with van der Waals surface area (Å²) in [4.78, 5) is 87.9. The van der Waals surface area contributed by atoms with Crippen LogP contribution >= 0.6 is 35.2 Å². The highest BCUT2D eigenvalue weighted by Gasteiger charge is 2.50. The van der Waals surface area contributed by atoms with Gasteiger partial charge in [0.25, 0.3) is 0 Å². The van der Waals surface area contributed by atoms with Gasteiger partial charge < -0.3 is 50.9 Å². The van der Waals surface area contributed by atoms with Crippen molar-refractivity contribution in [3.05, 3.63) is 24.8 Å². The Morgan fingerprint density at radius 3 is 2.38 bits per heavy atom. The number of ether oxygens (including phenoxy) is 1. The van der Waals surface area contributed by atoms with Crippen LogP contribution in [-0.2, 0) is 50.7 Å². The number of imidazole rings is 1. The van der Waals surface area contributed by atoms with E-state index in [0.29, 0.717) is 12.2 Å². The molecule has 0 aromatic carbocycles. The number of rotatable bonds is 27. The molecule has 1 saturated heterocycles. The zero-order valence-corrected chi connectivity index (χ0v) is 36.7. The molecule has 10 N–H and O–H groups in total. The Balaban J connectivity index is 1.40. The van der Waals surface area contributed by atoms with Gasteiger partial charge in [-0.1, -0.05) is 57.0 Å². The lowest BCUT2D eigenvalue weighted by Crippen LogP contribution is -2.46. The Bertz CT molecular complexity index is 1920. The van der Waals surface area contributed by atoms with E-state index in [1.54, 1.807) is 0 Å². The Hall–Kier alpha value is -2.70. The zero-order valence-electron chi connectivity index (χ0n) is 33.2. The van der Waals surface area contributed by atoms with Crippen LogP contribution in [0, 0.1) is 5.41 Å². The van der Waals surface area contributed by atoms with E-state index in [9.17, 15) is 57.9 Å². The quantitative estimate of drug-likeness (QED) is 0.0351. The van der Waals surface area contributed by atoms with Crippen LogP contribution in [0.5, 0.6) is 0 Å². The molecule has 60 heavy (non-hydrogen) atoms. The number of aliphatic hydroxyl groups excluding tert-OH is 2. The fourth-order valence-electron chi connectivity index (χ4n) is 5.60. The minimum absolute atomic E-state index is 0.0321. The number of thioether (sulfide) groups is 1. The first-order valence-electron chi connectivity index (χ1n) is 18.7. The van der Waals surface area contributed by atoms with Gasteiger partial charge in [-0.3, -0.25) is 32.5 Å². The number of nitrogens with one attached hydrogen (secondary N) is 2. The minimum atomic E-state index is -5.57. The first kappa shape index (κ1) is 51.6. The van der Waals surface area contributed by atoms with Crippen LogP contribution in [-0.4, -0.2) is 123 Å². The highest BCUT2D eigenvalue weighted by Crippen LogP contribution is 2.61. The molecule has 3 rings (SSSR count). The molecule has 2 amide bonds. The summed E-state index contributed by atoms with van der Waals surface area (Å²) < 4.78 is 62.2. The average Bonchev–Trinajstić information content (AvgIpc) is 3.72. The van der Waals surface area contributed by atoms with Gasteiger partial charge in [0.1, 0.15) is 36.3 Å². The largest absolute Gasteiger partial charge is 0.481 e. The average molecular weight is 934 g/mol. The Morgan fingerprint density at radius 2 is 1.68 bits per heavy atom. The van der Waals surface area contributed by atoms with Gasteiger partial charge in [0.15, 0.2) is 22.8 Å². The van der Waals surface area contributed by atoms with E-state index in [1.807, 2.05) is 13.0 Å². The van der Waals surface area contributed by atoms with Crippen molar-refractivity contribution in [3.63, 3.8) is 0 Å². The molecule has 7 unspecified atom stereocenters. The molecule has 2 aromatic rings. The van der Waals surface area contributed by atoms with E-state index < -0.39 is 84.6 Å². The lowest BCUT2D eigenvalue weighted by atomic mass is 9.87. The summed E-state index contributed by atoms with van der Waals surface area (Å²) in [5.74, 6) is -1.04. The van der Waals surface area contributed by atoms with Gasteiger partial charge in [0.05, 0.1) is 19.5 Å². The third-order valence-electron chi connectivity index (χ3n) is 8.75. The predicted octanol–water partition coefficient (Wildman–Crippen LogP) is 1.97. The summed E-state index contributed by atoms with van der Waals surface area (Å²) in [5, 5.41) is 26.5. The van der Waals surface area contributed by atoms with E-state index in [1.165, 1.54) is 13.8 Å². The van der Waals surface area contributed by atoms with Crippen LogP contribution in [0.2, 0.25) is 0 Å². The fourth-order valence-corrected chi connectivity index (χ4v) is 9.15. The standard InChI is InChI=1S/C32H54N7O17P3S/c1-4-5-6-7-8-9-10-11-12-23(41)60-16-15-34-22(40)13-14-35-30(44)27(43)32(2,3)18-53-59(50,51)56-58(48,49)52-17-21-26(55-57(45,46)47)25(42)31(54-21)39-20-38-24-28(33)36-19-37-29(24)39/h4-5,19-21,25-27,31,42-43H,6-18H2,1-3H3,(H,34,40)(H,35,44)(H,48,49)(H,50,51)(H2,33,36,37)(H2,45,46,47)/b5-4+. The second-order valence-electron chi connectivity index (χ2n) is 14.2. The number of carbonyl (C=O) groups excluding carboxylic acids is 3. The maximum atomic E-state index is 12.7. The number of anilines is 1. The number of fused-ring (bicyclic) bond motifs is 1. The van der Waals surface area contributed by atoms with Crippen LogP contribution in [0.15, 0.2) is 24.8 Å². The maximum Gasteiger partial charge on any atom is 0.481 e. The molecule has 0 saturated carbocycles. The number of unbranched alkanes of at least 4 members (excludes halogenated alkanes) is 5. The SMILES string of the molecule is C/C=C/CCCCCCCC(=O)SCCNC(=O)CCNC(=O)C(O)C(C)(C)COP(=O)(O)OP(=O)(O)OCC1OC(n2cnc3c(N)ncnc32)C(O)C1OP(=O)(O)O. The Labute approximate surface area is 349 Å². The monoisotopic (exact) mass is 933 g/mol. The molecule has 340 valence electrons. The van der Waals surface area contributed by atoms with Gasteiger partial charge in [-0.15, -0.1) is 0 Å². The van der Waals surface area contributed by atoms with Crippen LogP contribution in [0.1, 0.15) is 78.4 Å². The highest BCUT2D eigenvalue weighted by molar-refractivity contribution is 8.13. The second kappa shape index (κ2) is 23.7. The highest BCUT2D eigenvalue weighted by atomic mass is 32.2. The molecule has 0 radical (unpaired) electrons. The molecule has 3 heterocycles. The predicted molar refractivity (Wildman–Crippen MR) is 214 cm³/mol. The summed E-state index contributed by atoms with van der Waals surface area (Å²) >= 11 is 1.14. The van der Waals surface area contributed by atoms with Crippen LogP contribution < -0.4 is 16.4 Å². The summed E-state index contributed by atoms with van der Waals surface area (Å²) in [5.41, 5.74) is 4.28. The van der Waals surface area contributed by atoms with Gasteiger partial charge >= 0.3 is 23.5 Å². The summed E-state index contributed by atoms with van der Waals surface area (Å²) in [6.45, 7) is 2.55. The van der Waals surface area contributed by atoms with Crippen molar-refractivity contribution in [3.8, 4) is 0 Å². The number of phosphoric acid groups is 3. The van der Waals surface area contributed by atoms with Crippen LogP contribution in [0.3, 0.4) is 0 Å². The van der Waals surface area contributed by atoms with Crippen molar-refractivity contribution in [2.24, 2.45) is 5.41 Å². The molecule has 1 aliphatic rings. The summed E-state index contributed by atoms with van der Waals surface area (Å²) in [6.07, 6.45) is 3.97. The van der Waals surface area contributed by atoms with Crippen LogP contribution in [0.4, 0.5) is 5.82 Å². The van der Waals surface area contributed by atoms with Gasteiger partial charge in [-0.25, -0.2) is 28.6 Å². The van der Waals surface area contributed by atoms with Crippen molar-refractivity contribution in [1.29, 1.82) is 0 Å². The molecule has 0 bridgehead atoms. The second-order valence-corrected chi connectivity index (χ2v) is 19.6. The Kier molecular flexibility index (Phi) is 20.4. The number of allylic oxidation sites excluding steroid dienone is 2.